The highest BCUT2D eigenvalue weighted by atomic mass is 28.4. The quantitative estimate of drug-likeness (QED) is 0.0438. The van der Waals surface area contributed by atoms with Crippen molar-refractivity contribution in [3.63, 3.8) is 0 Å². The van der Waals surface area contributed by atoms with Crippen LogP contribution in [-0.2, 0) is 61.3 Å². The maximum atomic E-state index is 11.7. The van der Waals surface area contributed by atoms with E-state index in [0.717, 1.165) is 12.8 Å². The van der Waals surface area contributed by atoms with Crippen LogP contribution in [0.4, 0.5) is 0 Å². The zero-order valence-electron chi connectivity index (χ0n) is 38.1. The number of benzene rings is 2. The molecule has 14 heteroatoms. The summed E-state index contributed by atoms with van der Waals surface area (Å²) in [6.45, 7) is 19.5. The molecule has 0 bridgehead atoms. The molecule has 0 spiro atoms. The molecule has 0 radical (unpaired) electrons. The first kappa shape index (κ1) is 54.8. The van der Waals surface area contributed by atoms with Crippen LogP contribution in [0.5, 0.6) is 0 Å². The van der Waals surface area contributed by atoms with Gasteiger partial charge in [-0.05, 0) is 21.8 Å². The second kappa shape index (κ2) is 38.2. The highest BCUT2D eigenvalue weighted by Gasteiger charge is 2.50. The Morgan fingerprint density at radius 1 is 0.410 bits per heavy atom. The fourth-order valence-electron chi connectivity index (χ4n) is 6.43. The molecule has 2 aromatic carbocycles. The lowest BCUT2D eigenvalue weighted by atomic mass is 10.1. The summed E-state index contributed by atoms with van der Waals surface area (Å²) in [4.78, 5) is 11.7. The van der Waals surface area contributed by atoms with Gasteiger partial charge in [-0.25, -0.2) is 0 Å². The molecule has 0 aliphatic carbocycles. The van der Waals surface area contributed by atoms with Gasteiger partial charge in [-0.2, -0.15) is 0 Å². The Bertz CT molecular complexity index is 1210. The largest absolute Gasteiger partial charge is 0.463 e. The molecule has 61 heavy (non-hydrogen) atoms. The van der Waals surface area contributed by atoms with Gasteiger partial charge in [-0.1, -0.05) is 120 Å². The van der Waals surface area contributed by atoms with Gasteiger partial charge in [0.05, 0.1) is 139 Å². The lowest BCUT2D eigenvalue weighted by molar-refractivity contribution is -0.145. The van der Waals surface area contributed by atoms with Gasteiger partial charge >= 0.3 is 5.97 Å². The number of hydrogen-bond acceptors (Lipinski definition) is 13. The Labute approximate surface area is 368 Å². The van der Waals surface area contributed by atoms with Gasteiger partial charge in [-0.3, -0.25) is 4.79 Å². The molecule has 0 saturated heterocycles. The summed E-state index contributed by atoms with van der Waals surface area (Å²) in [5.41, 5.74) is 0. The monoisotopic (exact) mass is 881 g/mol. The van der Waals surface area contributed by atoms with Crippen molar-refractivity contribution in [2.24, 2.45) is 0 Å². The second-order valence-electron chi connectivity index (χ2n) is 15.4. The van der Waals surface area contributed by atoms with E-state index < -0.39 is 8.32 Å². The number of carbonyl (C=O) groups is 1. The van der Waals surface area contributed by atoms with Crippen molar-refractivity contribution in [2.45, 2.75) is 77.7 Å². The summed E-state index contributed by atoms with van der Waals surface area (Å²) in [7, 11) is -2.55. The van der Waals surface area contributed by atoms with E-state index in [2.05, 4.69) is 88.4 Å². The first-order chi connectivity index (χ1) is 29.9. The number of carbonyl (C=O) groups excluding carboxylic acids is 1. The number of rotatable bonds is 43. The van der Waals surface area contributed by atoms with E-state index in [1.54, 1.807) is 0 Å². The Morgan fingerprint density at radius 3 is 1.03 bits per heavy atom. The molecule has 0 saturated carbocycles. The van der Waals surface area contributed by atoms with E-state index in [1.165, 1.54) is 36.1 Å². The fraction of sp³-hybridized carbons (Fsp3) is 0.723. The molecule has 0 aliphatic rings. The smallest absolute Gasteiger partial charge is 0.305 e. The second-order valence-corrected chi connectivity index (χ2v) is 19.7. The number of hydrogen-bond donors (Lipinski definition) is 0. The van der Waals surface area contributed by atoms with Gasteiger partial charge < -0.3 is 56.5 Å². The van der Waals surface area contributed by atoms with Crippen molar-refractivity contribution in [1.82, 2.24) is 0 Å². The van der Waals surface area contributed by atoms with Crippen molar-refractivity contribution in [1.29, 1.82) is 0 Å². The molecule has 0 aromatic heterocycles. The molecule has 13 nitrogen and oxygen atoms in total. The van der Waals surface area contributed by atoms with Crippen LogP contribution in [0.25, 0.3) is 0 Å². The molecule has 350 valence electrons. The van der Waals surface area contributed by atoms with Gasteiger partial charge in [0.25, 0.3) is 8.32 Å². The third-order valence-electron chi connectivity index (χ3n) is 9.54. The summed E-state index contributed by atoms with van der Waals surface area (Å²) in [5.74, 6) is -0.145. The maximum Gasteiger partial charge on any atom is 0.305 e. The van der Waals surface area contributed by atoms with E-state index >= 15 is 0 Å². The Hall–Kier alpha value is -2.31. The highest BCUT2D eigenvalue weighted by Crippen LogP contribution is 2.36. The normalized spacial score (nSPS) is 12.0. The van der Waals surface area contributed by atoms with Crippen LogP contribution in [-0.4, -0.2) is 160 Å². The average molecular weight is 881 g/mol. The SMILES string of the molecule is CCCCCCCCC(=O)OCCOCCOCCOCCOCCOCCOCCOCCOCCOCCOCCO[Si](c1ccccc1)(c1ccccc1)C(C)(C)C. The molecule has 2 rings (SSSR count). The van der Waals surface area contributed by atoms with E-state index in [-0.39, 0.29) is 17.6 Å². The minimum absolute atomic E-state index is 0.0607. The standard InChI is InChI=1S/C47H80O13Si/c1-5-6-7-8-9-16-21-46(48)59-42-40-57-38-36-55-34-32-53-30-28-51-26-24-49-22-23-50-25-27-52-29-31-54-33-35-56-37-39-58-41-43-60-61(47(2,3)4,44-17-12-10-13-18-44)45-19-14-11-15-20-45/h10-15,17-20H,5-9,16,21-43H2,1-4H3. The average Bonchev–Trinajstić information content (AvgIpc) is 3.26. The maximum absolute atomic E-state index is 11.7. The molecule has 0 unspecified atom stereocenters. The third kappa shape index (κ3) is 27.5. The van der Waals surface area contributed by atoms with Crippen molar-refractivity contribution in [2.75, 3.05) is 145 Å². The molecule has 0 fully saturated rings. The summed E-state index contributed by atoms with van der Waals surface area (Å²) in [5, 5.41) is 2.47. The van der Waals surface area contributed by atoms with Gasteiger partial charge in [0.1, 0.15) is 6.61 Å². The van der Waals surface area contributed by atoms with Gasteiger partial charge in [0.2, 0.25) is 0 Å². The van der Waals surface area contributed by atoms with Gasteiger partial charge in [-0.15, -0.1) is 0 Å². The number of ether oxygens (including phenoxy) is 11. The van der Waals surface area contributed by atoms with Crippen molar-refractivity contribution in [3.8, 4) is 0 Å². The predicted octanol–water partition coefficient (Wildman–Crippen LogP) is 6.02. The Balaban J connectivity index is 1.26. The minimum Gasteiger partial charge on any atom is -0.463 e. The lowest BCUT2D eigenvalue weighted by Gasteiger charge is -2.43. The summed E-state index contributed by atoms with van der Waals surface area (Å²) >= 11 is 0. The summed E-state index contributed by atoms with van der Waals surface area (Å²) < 4.78 is 67.7. The van der Waals surface area contributed by atoms with Gasteiger partial charge in [0.15, 0.2) is 0 Å². The third-order valence-corrected chi connectivity index (χ3v) is 14.6. The molecule has 0 heterocycles. The first-order valence-corrected chi connectivity index (χ1v) is 24.5. The zero-order valence-corrected chi connectivity index (χ0v) is 39.1. The lowest BCUT2D eigenvalue weighted by Crippen LogP contribution is -2.66. The molecule has 0 N–H and O–H groups in total. The number of esters is 1. The van der Waals surface area contributed by atoms with E-state index in [4.69, 9.17) is 56.5 Å². The molecule has 0 amide bonds. The van der Waals surface area contributed by atoms with E-state index in [1.807, 2.05) is 0 Å². The molecular formula is C47H80O13Si. The molecular weight excluding hydrogens is 801 g/mol. The Morgan fingerprint density at radius 2 is 0.705 bits per heavy atom. The van der Waals surface area contributed by atoms with E-state index in [9.17, 15) is 4.79 Å². The van der Waals surface area contributed by atoms with E-state index in [0.29, 0.717) is 145 Å². The van der Waals surface area contributed by atoms with Crippen LogP contribution in [0, 0.1) is 0 Å². The number of unbranched alkanes of at least 4 members (excludes halogenated alkanes) is 5. The first-order valence-electron chi connectivity index (χ1n) is 22.6. The summed E-state index contributed by atoms with van der Waals surface area (Å²) in [6.07, 6.45) is 7.41. The summed E-state index contributed by atoms with van der Waals surface area (Å²) in [6, 6.07) is 21.3. The van der Waals surface area contributed by atoms with Crippen LogP contribution in [0.1, 0.15) is 72.6 Å². The van der Waals surface area contributed by atoms with Crippen LogP contribution < -0.4 is 10.4 Å². The highest BCUT2D eigenvalue weighted by molar-refractivity contribution is 6.99. The molecule has 2 aromatic rings. The minimum atomic E-state index is -2.55. The molecule has 0 aliphatic heterocycles. The molecule has 0 atom stereocenters. The van der Waals surface area contributed by atoms with Crippen molar-refractivity contribution >= 4 is 24.7 Å². The zero-order chi connectivity index (χ0) is 43.8. The Kier molecular flexibility index (Phi) is 34.3. The van der Waals surface area contributed by atoms with Crippen molar-refractivity contribution in [3.05, 3.63) is 60.7 Å². The van der Waals surface area contributed by atoms with Crippen LogP contribution in [0.15, 0.2) is 60.7 Å². The van der Waals surface area contributed by atoms with Crippen LogP contribution >= 0.6 is 0 Å². The topological polar surface area (TPSA) is 128 Å². The van der Waals surface area contributed by atoms with Crippen LogP contribution in [0.3, 0.4) is 0 Å². The van der Waals surface area contributed by atoms with Crippen LogP contribution in [0.2, 0.25) is 5.04 Å². The fourth-order valence-corrected chi connectivity index (χ4v) is 11.0. The van der Waals surface area contributed by atoms with Crippen molar-refractivity contribution < 1.29 is 61.3 Å². The predicted molar refractivity (Wildman–Crippen MR) is 241 cm³/mol. The van der Waals surface area contributed by atoms with Gasteiger partial charge in [0, 0.05) is 6.42 Å².